The Morgan fingerprint density at radius 1 is 1.04 bits per heavy atom. The van der Waals surface area contributed by atoms with Crippen molar-refractivity contribution >= 4 is 11.7 Å². The number of carbonyl (C=O) groups is 1. The van der Waals surface area contributed by atoms with Crippen molar-refractivity contribution in [2.75, 3.05) is 0 Å². The third kappa shape index (κ3) is 4.14. The Labute approximate surface area is 167 Å². The van der Waals surface area contributed by atoms with Crippen LogP contribution in [0.5, 0.6) is 5.75 Å². The first-order valence-corrected chi connectivity index (χ1v) is 10.4. The van der Waals surface area contributed by atoms with E-state index in [0.717, 1.165) is 22.3 Å². The fraction of sp³-hybridized carbons (Fsp3) is 0.400. The van der Waals surface area contributed by atoms with Crippen molar-refractivity contribution in [3.8, 4) is 5.75 Å². The molecule has 2 aliphatic rings. The van der Waals surface area contributed by atoms with Crippen molar-refractivity contribution in [3.63, 3.8) is 0 Å². The Balaban J connectivity index is 1.57. The van der Waals surface area contributed by atoms with Gasteiger partial charge in [-0.25, -0.2) is 4.79 Å². The second-order valence-electron chi connectivity index (χ2n) is 8.32. The smallest absolute Gasteiger partial charge is 0.409 e. The number of ether oxygens (including phenoxy) is 1. The summed E-state index contributed by atoms with van der Waals surface area (Å²) in [5.41, 5.74) is 4.28. The molecule has 1 N–H and O–H groups in total. The van der Waals surface area contributed by atoms with Crippen molar-refractivity contribution in [2.45, 2.75) is 51.5 Å². The Hall–Kier alpha value is -2.55. The van der Waals surface area contributed by atoms with E-state index in [1.54, 1.807) is 0 Å². The van der Waals surface area contributed by atoms with Crippen LogP contribution in [0, 0.1) is 11.8 Å². The molecule has 0 radical (unpaired) electrons. The third-order valence-corrected chi connectivity index (χ3v) is 6.11. The number of hydrogen-bond acceptors (Lipinski definition) is 2. The molecule has 0 aliphatic heterocycles. The summed E-state index contributed by atoms with van der Waals surface area (Å²) in [6.07, 6.45) is 4.46. The van der Waals surface area contributed by atoms with Crippen molar-refractivity contribution in [2.24, 2.45) is 11.8 Å². The lowest BCUT2D eigenvalue weighted by atomic mass is 9.91. The molecular formula is C25H29NO2. The lowest BCUT2D eigenvalue weighted by Crippen LogP contribution is -2.30. The number of hydrogen-bond donors (Lipinski definition) is 1. The first kappa shape index (κ1) is 18.8. The van der Waals surface area contributed by atoms with Crippen molar-refractivity contribution in [3.05, 3.63) is 71.8 Å². The summed E-state index contributed by atoms with van der Waals surface area (Å²) in [5, 5.41) is 2.98. The number of para-hydroxylation sites is 1. The summed E-state index contributed by atoms with van der Waals surface area (Å²) in [6, 6.07) is 16.1. The van der Waals surface area contributed by atoms with Crippen LogP contribution in [-0.4, -0.2) is 6.09 Å². The molecule has 3 nitrogen and oxygen atoms in total. The van der Waals surface area contributed by atoms with Gasteiger partial charge in [0, 0.05) is 5.56 Å². The van der Waals surface area contributed by atoms with Crippen LogP contribution in [0.15, 0.2) is 55.1 Å². The highest BCUT2D eigenvalue weighted by Crippen LogP contribution is 2.49. The lowest BCUT2D eigenvalue weighted by molar-refractivity contribution is 0.196. The molecule has 0 saturated heterocycles. The molecule has 2 saturated carbocycles. The average Bonchev–Trinajstić information content (AvgIpc) is 3.59. The zero-order chi connectivity index (χ0) is 19.7. The third-order valence-electron chi connectivity index (χ3n) is 6.11. The molecule has 0 unspecified atom stereocenters. The molecule has 3 heteroatoms. The van der Waals surface area contributed by atoms with E-state index in [9.17, 15) is 4.79 Å². The Kier molecular flexibility index (Phi) is 5.25. The molecule has 146 valence electrons. The second-order valence-corrected chi connectivity index (χ2v) is 8.32. The van der Waals surface area contributed by atoms with Gasteiger partial charge in [0.15, 0.2) is 0 Å². The van der Waals surface area contributed by atoms with Crippen LogP contribution in [0.2, 0.25) is 0 Å². The van der Waals surface area contributed by atoms with E-state index >= 15 is 0 Å². The molecule has 0 aromatic heterocycles. The van der Waals surface area contributed by atoms with Crippen LogP contribution in [-0.2, 0) is 0 Å². The highest BCUT2D eigenvalue weighted by atomic mass is 16.6. The minimum atomic E-state index is -0.406. The lowest BCUT2D eigenvalue weighted by Gasteiger charge is -2.21. The minimum absolute atomic E-state index is 0.114. The van der Waals surface area contributed by atoms with Crippen LogP contribution in [0.25, 0.3) is 5.57 Å². The molecule has 2 aliphatic carbocycles. The van der Waals surface area contributed by atoms with E-state index in [-0.39, 0.29) is 6.04 Å². The van der Waals surface area contributed by atoms with Crippen LogP contribution >= 0.6 is 0 Å². The molecule has 4 rings (SSSR count). The Morgan fingerprint density at radius 2 is 1.75 bits per heavy atom. The average molecular weight is 376 g/mol. The van der Waals surface area contributed by atoms with Crippen molar-refractivity contribution < 1.29 is 9.53 Å². The zero-order valence-electron chi connectivity index (χ0n) is 16.8. The van der Waals surface area contributed by atoms with Crippen LogP contribution in [0.3, 0.4) is 0 Å². The van der Waals surface area contributed by atoms with Crippen molar-refractivity contribution in [1.82, 2.24) is 5.32 Å². The normalized spacial score (nSPS) is 18.2. The molecule has 1 amide bonds. The molecule has 0 bridgehead atoms. The fourth-order valence-electron chi connectivity index (χ4n) is 3.91. The van der Waals surface area contributed by atoms with E-state index in [1.807, 2.05) is 43.3 Å². The minimum Gasteiger partial charge on any atom is -0.409 e. The van der Waals surface area contributed by atoms with Gasteiger partial charge in [-0.3, -0.25) is 0 Å². The Bertz CT molecular complexity index is 865. The number of amides is 1. The quantitative estimate of drug-likeness (QED) is 0.602. The van der Waals surface area contributed by atoms with Gasteiger partial charge in [-0.15, -0.1) is 0 Å². The van der Waals surface area contributed by atoms with Gasteiger partial charge in [0.05, 0.1) is 6.04 Å². The van der Waals surface area contributed by atoms with Gasteiger partial charge in [0.1, 0.15) is 5.75 Å². The van der Waals surface area contributed by atoms with Gasteiger partial charge in [0.25, 0.3) is 0 Å². The van der Waals surface area contributed by atoms with Gasteiger partial charge in [0.2, 0.25) is 0 Å². The Morgan fingerprint density at radius 3 is 2.39 bits per heavy atom. The predicted octanol–water partition coefficient (Wildman–Crippen LogP) is 6.47. The van der Waals surface area contributed by atoms with E-state index in [0.29, 0.717) is 23.5 Å². The van der Waals surface area contributed by atoms with Gasteiger partial charge < -0.3 is 10.1 Å². The second kappa shape index (κ2) is 7.83. The number of allylic oxidation sites excluding steroid dienone is 1. The molecule has 2 aromatic rings. The first-order chi connectivity index (χ1) is 13.5. The maximum absolute atomic E-state index is 12.8. The van der Waals surface area contributed by atoms with Gasteiger partial charge >= 0.3 is 6.09 Å². The molecular weight excluding hydrogens is 346 g/mol. The van der Waals surface area contributed by atoms with E-state index in [2.05, 4.69) is 31.0 Å². The summed E-state index contributed by atoms with van der Waals surface area (Å²) in [5.74, 6) is 2.32. The maximum Gasteiger partial charge on any atom is 0.413 e. The van der Waals surface area contributed by atoms with E-state index in [4.69, 9.17) is 4.74 Å². The fourth-order valence-corrected chi connectivity index (χ4v) is 3.91. The number of benzene rings is 2. The van der Waals surface area contributed by atoms with Gasteiger partial charge in [-0.1, -0.05) is 62.0 Å². The summed E-state index contributed by atoms with van der Waals surface area (Å²) < 4.78 is 5.96. The van der Waals surface area contributed by atoms with Gasteiger partial charge in [-0.2, -0.15) is 0 Å². The topological polar surface area (TPSA) is 38.3 Å². The largest absolute Gasteiger partial charge is 0.413 e. The molecule has 2 atom stereocenters. The van der Waals surface area contributed by atoms with Crippen LogP contribution in [0.4, 0.5) is 4.79 Å². The maximum atomic E-state index is 12.8. The highest BCUT2D eigenvalue weighted by Gasteiger charge is 2.34. The number of carbonyl (C=O) groups excluding carboxylic acids is 1. The summed E-state index contributed by atoms with van der Waals surface area (Å²) in [7, 11) is 0. The SMILES string of the molecule is C=C(c1cccc([C@H](C)C2CC2)c1OC(=O)N[C@@H](C)c1ccccc1)C1CC1. The van der Waals surface area contributed by atoms with Crippen LogP contribution in [0.1, 0.15) is 68.2 Å². The highest BCUT2D eigenvalue weighted by molar-refractivity contribution is 5.78. The molecule has 28 heavy (non-hydrogen) atoms. The van der Waals surface area contributed by atoms with Crippen LogP contribution < -0.4 is 10.1 Å². The number of nitrogens with one attached hydrogen (secondary N) is 1. The monoisotopic (exact) mass is 375 g/mol. The van der Waals surface area contributed by atoms with E-state index in [1.165, 1.54) is 25.7 Å². The number of rotatable bonds is 7. The van der Waals surface area contributed by atoms with Crippen molar-refractivity contribution in [1.29, 1.82) is 0 Å². The standard InChI is InChI=1S/C25H29NO2/c1-16(19-12-13-19)22-10-7-11-23(17(2)20-14-15-20)24(22)28-25(27)26-18(3)21-8-5-4-6-9-21/h4-11,17-20H,1,12-15H2,2-3H3,(H,26,27)/t17-,18+/m1/s1. The summed E-state index contributed by atoms with van der Waals surface area (Å²) in [6.45, 7) is 8.53. The first-order valence-electron chi connectivity index (χ1n) is 10.4. The zero-order valence-corrected chi connectivity index (χ0v) is 16.8. The van der Waals surface area contributed by atoms with Gasteiger partial charge in [-0.05, 0) is 67.1 Å². The molecule has 2 fully saturated rings. The van der Waals surface area contributed by atoms with E-state index < -0.39 is 6.09 Å². The summed E-state index contributed by atoms with van der Waals surface area (Å²) in [4.78, 5) is 12.8. The molecule has 2 aromatic carbocycles. The molecule has 0 spiro atoms. The predicted molar refractivity (Wildman–Crippen MR) is 113 cm³/mol. The summed E-state index contributed by atoms with van der Waals surface area (Å²) >= 11 is 0. The molecule has 0 heterocycles.